The predicted molar refractivity (Wildman–Crippen MR) is 81.8 cm³/mol. The summed E-state index contributed by atoms with van der Waals surface area (Å²) in [7, 11) is 0. The van der Waals surface area contributed by atoms with E-state index in [2.05, 4.69) is 5.32 Å². The smallest absolute Gasteiger partial charge is 0.238 e. The first-order valence-electron chi connectivity index (χ1n) is 6.16. The number of hydrogen-bond donors (Lipinski definition) is 2. The van der Waals surface area contributed by atoms with E-state index >= 15 is 0 Å². The SMILES string of the molecule is CC1(O)CCN(CC(=O)Nc2c(Cl)cc(Cl)cc2Cl)C1. The van der Waals surface area contributed by atoms with Crippen LogP contribution >= 0.6 is 34.8 Å². The monoisotopic (exact) mass is 336 g/mol. The molecule has 1 saturated heterocycles. The van der Waals surface area contributed by atoms with Crippen LogP contribution in [0.2, 0.25) is 15.1 Å². The molecule has 1 unspecified atom stereocenters. The number of hydrogen-bond acceptors (Lipinski definition) is 3. The molecule has 0 radical (unpaired) electrons. The third-order valence-electron chi connectivity index (χ3n) is 3.17. The van der Waals surface area contributed by atoms with Gasteiger partial charge in [0.1, 0.15) is 0 Å². The molecule has 2 N–H and O–H groups in total. The van der Waals surface area contributed by atoms with Gasteiger partial charge in [-0.25, -0.2) is 0 Å². The Morgan fingerprint density at radius 3 is 2.50 bits per heavy atom. The highest BCUT2D eigenvalue weighted by Gasteiger charge is 2.32. The van der Waals surface area contributed by atoms with Gasteiger partial charge in [0.15, 0.2) is 0 Å². The number of aliphatic hydroxyl groups is 1. The minimum absolute atomic E-state index is 0.186. The molecule has 0 aromatic heterocycles. The molecule has 0 aliphatic carbocycles. The van der Waals surface area contributed by atoms with Crippen LogP contribution in [0.1, 0.15) is 13.3 Å². The normalized spacial score (nSPS) is 23.1. The van der Waals surface area contributed by atoms with Crippen LogP contribution in [0.15, 0.2) is 12.1 Å². The lowest BCUT2D eigenvalue weighted by Crippen LogP contribution is -2.35. The lowest BCUT2D eigenvalue weighted by atomic mass is 10.1. The maximum Gasteiger partial charge on any atom is 0.238 e. The molecule has 20 heavy (non-hydrogen) atoms. The van der Waals surface area contributed by atoms with Crippen molar-refractivity contribution in [2.45, 2.75) is 18.9 Å². The average Bonchev–Trinajstić information content (AvgIpc) is 2.63. The molecule has 1 heterocycles. The van der Waals surface area contributed by atoms with Crippen LogP contribution in [-0.4, -0.2) is 41.1 Å². The summed E-state index contributed by atoms with van der Waals surface area (Å²) in [6, 6.07) is 3.04. The van der Waals surface area contributed by atoms with E-state index in [0.29, 0.717) is 40.3 Å². The number of amides is 1. The van der Waals surface area contributed by atoms with E-state index in [4.69, 9.17) is 34.8 Å². The number of likely N-dealkylation sites (tertiary alicyclic amines) is 1. The number of nitrogens with one attached hydrogen (secondary N) is 1. The van der Waals surface area contributed by atoms with Crippen molar-refractivity contribution < 1.29 is 9.90 Å². The predicted octanol–water partition coefficient (Wildman–Crippen LogP) is 3.04. The first-order chi connectivity index (χ1) is 9.27. The molecule has 1 fully saturated rings. The summed E-state index contributed by atoms with van der Waals surface area (Å²) in [5.74, 6) is -0.228. The Labute approximate surface area is 132 Å². The number of nitrogens with zero attached hydrogens (tertiary/aromatic N) is 1. The highest BCUT2D eigenvalue weighted by Crippen LogP contribution is 2.33. The second-order valence-corrected chi connectivity index (χ2v) is 6.50. The Morgan fingerprint density at radius 2 is 2.00 bits per heavy atom. The second-order valence-electron chi connectivity index (χ2n) is 5.25. The standard InChI is InChI=1S/C13H15Cl3N2O2/c1-13(20)2-3-18(7-13)6-11(19)17-12-9(15)4-8(14)5-10(12)16/h4-5,20H,2-3,6-7H2,1H3,(H,17,19). The summed E-state index contributed by atoms with van der Waals surface area (Å²) in [6.45, 7) is 3.11. The van der Waals surface area contributed by atoms with Gasteiger partial charge in [-0.2, -0.15) is 0 Å². The van der Waals surface area contributed by atoms with Crippen LogP contribution in [0.5, 0.6) is 0 Å². The highest BCUT2D eigenvalue weighted by molar-refractivity contribution is 6.42. The van der Waals surface area contributed by atoms with Gasteiger partial charge in [0.2, 0.25) is 5.91 Å². The number of rotatable bonds is 3. The van der Waals surface area contributed by atoms with Crippen LogP contribution in [0.3, 0.4) is 0 Å². The zero-order chi connectivity index (χ0) is 14.9. The van der Waals surface area contributed by atoms with E-state index in [1.54, 1.807) is 6.92 Å². The van der Waals surface area contributed by atoms with Crippen molar-refractivity contribution in [2.24, 2.45) is 0 Å². The molecule has 0 bridgehead atoms. The molecule has 1 aromatic carbocycles. The molecule has 0 spiro atoms. The molecular formula is C13H15Cl3N2O2. The highest BCUT2D eigenvalue weighted by atomic mass is 35.5. The van der Waals surface area contributed by atoms with Crippen molar-refractivity contribution >= 4 is 46.4 Å². The third kappa shape index (κ3) is 3.99. The molecule has 110 valence electrons. The largest absolute Gasteiger partial charge is 0.389 e. The fraction of sp³-hybridized carbons (Fsp3) is 0.462. The minimum Gasteiger partial charge on any atom is -0.389 e. The Bertz CT molecular complexity index is 511. The molecule has 1 atom stereocenters. The van der Waals surface area contributed by atoms with E-state index < -0.39 is 5.60 Å². The van der Waals surface area contributed by atoms with Gasteiger partial charge in [-0.3, -0.25) is 9.69 Å². The summed E-state index contributed by atoms with van der Waals surface area (Å²) < 4.78 is 0. The van der Waals surface area contributed by atoms with E-state index in [1.165, 1.54) is 12.1 Å². The van der Waals surface area contributed by atoms with Crippen LogP contribution in [-0.2, 0) is 4.79 Å². The van der Waals surface area contributed by atoms with Gasteiger partial charge >= 0.3 is 0 Å². The van der Waals surface area contributed by atoms with E-state index in [9.17, 15) is 9.90 Å². The molecule has 1 aliphatic rings. The first kappa shape index (κ1) is 15.9. The second kappa shape index (κ2) is 6.08. The fourth-order valence-electron chi connectivity index (χ4n) is 2.22. The van der Waals surface area contributed by atoms with Gasteiger partial charge in [-0.15, -0.1) is 0 Å². The van der Waals surface area contributed by atoms with Crippen LogP contribution in [0.25, 0.3) is 0 Å². The lowest BCUT2D eigenvalue weighted by molar-refractivity contribution is -0.117. The Hall–Kier alpha value is -0.520. The average molecular weight is 338 g/mol. The Balaban J connectivity index is 1.99. The molecule has 1 aliphatic heterocycles. The van der Waals surface area contributed by atoms with Gasteiger partial charge in [-0.1, -0.05) is 34.8 Å². The summed E-state index contributed by atoms with van der Waals surface area (Å²) in [5.41, 5.74) is -0.371. The molecule has 2 rings (SSSR count). The first-order valence-corrected chi connectivity index (χ1v) is 7.29. The van der Waals surface area contributed by atoms with Crippen LogP contribution in [0.4, 0.5) is 5.69 Å². The maximum absolute atomic E-state index is 12.0. The fourth-order valence-corrected chi connectivity index (χ4v) is 3.13. The van der Waals surface area contributed by atoms with Crippen molar-refractivity contribution in [1.29, 1.82) is 0 Å². The van der Waals surface area contributed by atoms with E-state index in [-0.39, 0.29) is 12.5 Å². The molecule has 4 nitrogen and oxygen atoms in total. The van der Waals surface area contributed by atoms with Gasteiger partial charge in [0.25, 0.3) is 0 Å². The molecule has 1 amide bonds. The summed E-state index contributed by atoms with van der Waals surface area (Å²) in [6.07, 6.45) is 0.655. The lowest BCUT2D eigenvalue weighted by Gasteiger charge is -2.18. The van der Waals surface area contributed by atoms with E-state index in [1.807, 2.05) is 4.90 Å². The molecule has 7 heteroatoms. The van der Waals surface area contributed by atoms with Crippen LogP contribution in [0, 0.1) is 0 Å². The Kier molecular flexibility index (Phi) is 4.82. The number of β-amino-alcohol motifs (C(OH)–C–C–N with tert-alkyl or cyclic N) is 1. The van der Waals surface area contributed by atoms with Crippen molar-refractivity contribution in [2.75, 3.05) is 25.0 Å². The van der Waals surface area contributed by atoms with E-state index in [0.717, 1.165) is 0 Å². The zero-order valence-corrected chi connectivity index (χ0v) is 13.2. The van der Waals surface area contributed by atoms with Crippen molar-refractivity contribution in [3.05, 3.63) is 27.2 Å². The van der Waals surface area contributed by atoms with Gasteiger partial charge in [0.05, 0.1) is 27.9 Å². The third-order valence-corrected chi connectivity index (χ3v) is 3.98. The topological polar surface area (TPSA) is 52.6 Å². The van der Waals surface area contributed by atoms with Crippen molar-refractivity contribution in [3.63, 3.8) is 0 Å². The van der Waals surface area contributed by atoms with Crippen LogP contribution < -0.4 is 5.32 Å². The number of carbonyl (C=O) groups excluding carboxylic acids is 1. The Morgan fingerprint density at radius 1 is 1.40 bits per heavy atom. The van der Waals surface area contributed by atoms with Gasteiger partial charge in [-0.05, 0) is 25.5 Å². The van der Waals surface area contributed by atoms with Gasteiger partial charge < -0.3 is 10.4 Å². The quantitative estimate of drug-likeness (QED) is 0.891. The summed E-state index contributed by atoms with van der Waals surface area (Å²) in [4.78, 5) is 13.9. The maximum atomic E-state index is 12.0. The number of carbonyl (C=O) groups is 1. The van der Waals surface area contributed by atoms with Crippen molar-refractivity contribution in [1.82, 2.24) is 4.90 Å². The zero-order valence-electron chi connectivity index (χ0n) is 10.9. The number of anilines is 1. The minimum atomic E-state index is -0.726. The molecular weight excluding hydrogens is 323 g/mol. The summed E-state index contributed by atoms with van der Waals surface area (Å²) >= 11 is 17.8. The number of benzene rings is 1. The van der Waals surface area contributed by atoms with Crippen molar-refractivity contribution in [3.8, 4) is 0 Å². The number of halogens is 3. The molecule has 1 aromatic rings. The molecule has 0 saturated carbocycles. The summed E-state index contributed by atoms with van der Waals surface area (Å²) in [5, 5.41) is 13.5. The van der Waals surface area contributed by atoms with Gasteiger partial charge in [0, 0.05) is 18.1 Å².